The Bertz CT molecular complexity index is 637. The van der Waals surface area contributed by atoms with Gasteiger partial charge in [-0.1, -0.05) is 13.0 Å². The number of oxazole rings is 1. The molecule has 1 amide bonds. The number of nitrogens with one attached hydrogen (secondary N) is 2. The first-order valence-electron chi connectivity index (χ1n) is 6.16. The average molecular weight is 278 g/mol. The summed E-state index contributed by atoms with van der Waals surface area (Å²) in [6, 6.07) is 4.53. The molecule has 1 aromatic heterocycles. The van der Waals surface area contributed by atoms with Crippen LogP contribution in [0.5, 0.6) is 0 Å². The van der Waals surface area contributed by atoms with Crippen LogP contribution in [0.1, 0.15) is 13.3 Å². The summed E-state index contributed by atoms with van der Waals surface area (Å²) >= 11 is 0. The molecule has 0 saturated heterocycles. The van der Waals surface area contributed by atoms with Crippen molar-refractivity contribution >= 4 is 28.7 Å². The topological polar surface area (TPSA) is 110 Å². The van der Waals surface area contributed by atoms with Gasteiger partial charge in [-0.15, -0.1) is 0 Å². The second-order valence-electron chi connectivity index (χ2n) is 4.10. The molecule has 0 spiro atoms. The number of nitrogens with zero attached hydrogens (tertiary/aromatic N) is 2. The van der Waals surface area contributed by atoms with Crippen molar-refractivity contribution in [3.05, 3.63) is 28.3 Å². The fraction of sp³-hybridized carbons (Fsp3) is 0.333. The Hall–Kier alpha value is -2.64. The number of carbonyl (C=O) groups is 1. The molecule has 0 aliphatic rings. The second kappa shape index (κ2) is 6.00. The van der Waals surface area contributed by atoms with Crippen LogP contribution >= 0.6 is 0 Å². The molecule has 0 unspecified atom stereocenters. The van der Waals surface area contributed by atoms with Crippen LogP contribution < -0.4 is 10.6 Å². The number of nitro groups is 1. The third-order valence-electron chi connectivity index (χ3n) is 2.57. The van der Waals surface area contributed by atoms with Gasteiger partial charge in [0.1, 0.15) is 0 Å². The monoisotopic (exact) mass is 278 g/mol. The van der Waals surface area contributed by atoms with Gasteiger partial charge in [-0.3, -0.25) is 14.9 Å². The SMILES string of the molecule is CCCNC(=O)CNc1nc2c([N+](=O)[O-])cccc2o1. The van der Waals surface area contributed by atoms with Crippen LogP contribution in [-0.4, -0.2) is 28.9 Å². The zero-order valence-electron chi connectivity index (χ0n) is 10.9. The van der Waals surface area contributed by atoms with Crippen molar-refractivity contribution in [2.24, 2.45) is 0 Å². The number of rotatable bonds is 6. The van der Waals surface area contributed by atoms with Crippen LogP contribution in [0.3, 0.4) is 0 Å². The molecule has 8 heteroatoms. The quantitative estimate of drug-likeness (QED) is 0.614. The molecular weight excluding hydrogens is 264 g/mol. The highest BCUT2D eigenvalue weighted by atomic mass is 16.6. The molecule has 0 aliphatic carbocycles. The number of aromatic nitrogens is 1. The first-order valence-corrected chi connectivity index (χ1v) is 6.16. The fourth-order valence-corrected chi connectivity index (χ4v) is 1.64. The van der Waals surface area contributed by atoms with Gasteiger partial charge in [-0.05, 0) is 12.5 Å². The largest absolute Gasteiger partial charge is 0.423 e. The van der Waals surface area contributed by atoms with Gasteiger partial charge in [-0.2, -0.15) is 4.98 Å². The lowest BCUT2D eigenvalue weighted by Gasteiger charge is -2.02. The van der Waals surface area contributed by atoms with Gasteiger partial charge in [0.15, 0.2) is 11.1 Å². The molecule has 106 valence electrons. The smallest absolute Gasteiger partial charge is 0.298 e. The van der Waals surface area contributed by atoms with Crippen LogP contribution in [-0.2, 0) is 4.79 Å². The van der Waals surface area contributed by atoms with E-state index < -0.39 is 4.92 Å². The van der Waals surface area contributed by atoms with Gasteiger partial charge in [0.25, 0.3) is 11.7 Å². The Morgan fingerprint density at radius 2 is 2.30 bits per heavy atom. The molecule has 2 N–H and O–H groups in total. The fourth-order valence-electron chi connectivity index (χ4n) is 1.64. The second-order valence-corrected chi connectivity index (χ2v) is 4.10. The Morgan fingerprint density at radius 3 is 3.00 bits per heavy atom. The third-order valence-corrected chi connectivity index (χ3v) is 2.57. The molecule has 0 atom stereocenters. The lowest BCUT2D eigenvalue weighted by molar-refractivity contribution is -0.383. The van der Waals surface area contributed by atoms with Crippen molar-refractivity contribution in [3.8, 4) is 0 Å². The summed E-state index contributed by atoms with van der Waals surface area (Å²) in [5.74, 6) is -0.191. The van der Waals surface area contributed by atoms with Crippen molar-refractivity contribution in [2.75, 3.05) is 18.4 Å². The number of amides is 1. The summed E-state index contributed by atoms with van der Waals surface area (Å²) in [7, 11) is 0. The molecule has 2 aromatic rings. The number of hydrogen-bond donors (Lipinski definition) is 2. The Kier molecular flexibility index (Phi) is 4.14. The van der Waals surface area contributed by atoms with E-state index in [0.717, 1.165) is 6.42 Å². The maximum absolute atomic E-state index is 11.4. The summed E-state index contributed by atoms with van der Waals surface area (Å²) in [4.78, 5) is 25.7. The molecular formula is C12H14N4O4. The van der Waals surface area contributed by atoms with E-state index in [1.165, 1.54) is 12.1 Å². The highest BCUT2D eigenvalue weighted by molar-refractivity contribution is 5.85. The van der Waals surface area contributed by atoms with E-state index in [-0.39, 0.29) is 29.7 Å². The van der Waals surface area contributed by atoms with Crippen LogP contribution in [0, 0.1) is 10.1 Å². The average Bonchev–Trinajstić information content (AvgIpc) is 2.85. The minimum Gasteiger partial charge on any atom is -0.423 e. The molecule has 1 aromatic carbocycles. The van der Waals surface area contributed by atoms with Gasteiger partial charge < -0.3 is 15.1 Å². The lowest BCUT2D eigenvalue weighted by Crippen LogP contribution is -2.30. The van der Waals surface area contributed by atoms with Crippen molar-refractivity contribution in [2.45, 2.75) is 13.3 Å². The van der Waals surface area contributed by atoms with Gasteiger partial charge in [0.05, 0.1) is 11.5 Å². The van der Waals surface area contributed by atoms with E-state index in [4.69, 9.17) is 4.42 Å². The minimum atomic E-state index is -0.525. The Labute approximate surface area is 114 Å². The summed E-state index contributed by atoms with van der Waals surface area (Å²) in [5, 5.41) is 16.2. The predicted octanol–water partition coefficient (Wildman–Crippen LogP) is 1.67. The van der Waals surface area contributed by atoms with E-state index in [1.54, 1.807) is 6.07 Å². The van der Waals surface area contributed by atoms with Gasteiger partial charge in [0.2, 0.25) is 5.91 Å². The Balaban J connectivity index is 2.10. The lowest BCUT2D eigenvalue weighted by atomic mass is 10.3. The number of benzene rings is 1. The summed E-state index contributed by atoms with van der Waals surface area (Å²) in [6.07, 6.45) is 0.848. The van der Waals surface area contributed by atoms with E-state index in [0.29, 0.717) is 12.1 Å². The normalized spacial score (nSPS) is 10.4. The number of nitro benzene ring substituents is 1. The molecule has 0 saturated carbocycles. The number of anilines is 1. The number of fused-ring (bicyclic) bond motifs is 1. The molecule has 8 nitrogen and oxygen atoms in total. The van der Waals surface area contributed by atoms with E-state index in [2.05, 4.69) is 15.6 Å². The van der Waals surface area contributed by atoms with E-state index >= 15 is 0 Å². The van der Waals surface area contributed by atoms with Crippen molar-refractivity contribution in [1.29, 1.82) is 0 Å². The molecule has 0 fully saturated rings. The van der Waals surface area contributed by atoms with Crippen molar-refractivity contribution in [3.63, 3.8) is 0 Å². The number of hydrogen-bond acceptors (Lipinski definition) is 6. The maximum Gasteiger partial charge on any atom is 0.298 e. The van der Waals surface area contributed by atoms with Crippen LogP contribution in [0.15, 0.2) is 22.6 Å². The van der Waals surface area contributed by atoms with E-state index in [1.807, 2.05) is 6.92 Å². The van der Waals surface area contributed by atoms with E-state index in [9.17, 15) is 14.9 Å². The molecule has 0 radical (unpaired) electrons. The number of para-hydroxylation sites is 1. The molecule has 2 rings (SSSR count). The summed E-state index contributed by atoms with van der Waals surface area (Å²) in [5.41, 5.74) is 0.333. The summed E-state index contributed by atoms with van der Waals surface area (Å²) in [6.45, 7) is 2.55. The maximum atomic E-state index is 11.4. The molecule has 0 aliphatic heterocycles. The number of carbonyl (C=O) groups excluding carboxylic acids is 1. The molecule has 20 heavy (non-hydrogen) atoms. The van der Waals surface area contributed by atoms with Gasteiger partial charge in [-0.25, -0.2) is 0 Å². The Morgan fingerprint density at radius 1 is 1.50 bits per heavy atom. The van der Waals surface area contributed by atoms with Crippen LogP contribution in [0.4, 0.5) is 11.7 Å². The zero-order valence-corrected chi connectivity index (χ0v) is 10.9. The van der Waals surface area contributed by atoms with Gasteiger partial charge in [0, 0.05) is 12.6 Å². The summed E-state index contributed by atoms with van der Waals surface area (Å²) < 4.78 is 5.31. The van der Waals surface area contributed by atoms with Crippen LogP contribution in [0.2, 0.25) is 0 Å². The third kappa shape index (κ3) is 3.02. The minimum absolute atomic E-state index is 0.000615. The zero-order chi connectivity index (χ0) is 14.5. The highest BCUT2D eigenvalue weighted by Gasteiger charge is 2.17. The van der Waals surface area contributed by atoms with Crippen molar-refractivity contribution in [1.82, 2.24) is 10.3 Å². The highest BCUT2D eigenvalue weighted by Crippen LogP contribution is 2.26. The number of non-ortho nitro benzene ring substituents is 1. The first kappa shape index (κ1) is 13.8. The standard InChI is InChI=1S/C12H14N4O4/c1-2-6-13-10(17)7-14-12-15-11-8(16(18)19)4-3-5-9(11)20-12/h3-5H,2,6-7H2,1H3,(H,13,17)(H,14,15). The molecule has 0 bridgehead atoms. The first-order chi connectivity index (χ1) is 9.61. The predicted molar refractivity (Wildman–Crippen MR) is 72.5 cm³/mol. The van der Waals surface area contributed by atoms with Crippen molar-refractivity contribution < 1.29 is 14.1 Å². The molecule has 1 heterocycles. The van der Waals surface area contributed by atoms with Gasteiger partial charge >= 0.3 is 0 Å². The van der Waals surface area contributed by atoms with Crippen LogP contribution in [0.25, 0.3) is 11.1 Å².